The van der Waals surface area contributed by atoms with E-state index in [2.05, 4.69) is 23.7 Å². The monoisotopic (exact) mass is 407 g/mol. The number of aliphatic hydroxyl groups is 1. The van der Waals surface area contributed by atoms with Crippen molar-refractivity contribution in [3.8, 4) is 0 Å². The van der Waals surface area contributed by atoms with Crippen LogP contribution in [-0.4, -0.2) is 57.8 Å². The van der Waals surface area contributed by atoms with Gasteiger partial charge in [0.05, 0.1) is 11.6 Å². The molecule has 0 bridgehead atoms. The number of hydrogen-bond donors (Lipinski definition) is 1. The molecule has 1 atom stereocenters. The number of aliphatic hydroxyl groups excluding tert-OH is 1. The van der Waals surface area contributed by atoms with E-state index in [1.165, 1.54) is 0 Å². The van der Waals surface area contributed by atoms with Crippen LogP contribution >= 0.6 is 0 Å². The molecule has 3 rings (SSSR count). The molecule has 1 aromatic carbocycles. The van der Waals surface area contributed by atoms with Crippen molar-refractivity contribution >= 4 is 17.4 Å². The van der Waals surface area contributed by atoms with Gasteiger partial charge in [-0.05, 0) is 44.6 Å². The SMILES string of the molecule is CCN(CC)CCCN1C(=O)C(=O)/C(=C(\O)c2ccc(C)cc2)C1c1cccnc1. The Morgan fingerprint density at radius 2 is 1.83 bits per heavy atom. The standard InChI is InChI=1S/C24H29N3O3/c1-4-26(5-2)14-7-15-27-21(19-8-6-13-25-16-19)20(23(29)24(27)30)22(28)18-11-9-17(3)10-12-18/h6,8-13,16,21,28H,4-5,7,14-15H2,1-3H3/b22-20-. The highest BCUT2D eigenvalue weighted by molar-refractivity contribution is 6.46. The van der Waals surface area contributed by atoms with Crippen LogP contribution in [0.25, 0.3) is 5.76 Å². The predicted octanol–water partition coefficient (Wildman–Crippen LogP) is 3.54. The third-order valence-electron chi connectivity index (χ3n) is 5.63. The quantitative estimate of drug-likeness (QED) is 0.412. The number of pyridine rings is 1. The van der Waals surface area contributed by atoms with Crippen LogP contribution in [0, 0.1) is 6.92 Å². The zero-order valence-corrected chi connectivity index (χ0v) is 17.8. The Balaban J connectivity index is 1.99. The van der Waals surface area contributed by atoms with Crippen molar-refractivity contribution < 1.29 is 14.7 Å². The number of ketones is 1. The van der Waals surface area contributed by atoms with E-state index in [-0.39, 0.29) is 11.3 Å². The lowest BCUT2D eigenvalue weighted by molar-refractivity contribution is -0.140. The minimum Gasteiger partial charge on any atom is -0.507 e. The van der Waals surface area contributed by atoms with Crippen LogP contribution in [-0.2, 0) is 9.59 Å². The van der Waals surface area contributed by atoms with Gasteiger partial charge in [0.1, 0.15) is 5.76 Å². The molecular weight excluding hydrogens is 378 g/mol. The number of rotatable bonds is 8. The Hall–Kier alpha value is -2.99. The van der Waals surface area contributed by atoms with Gasteiger partial charge in [-0.25, -0.2) is 0 Å². The van der Waals surface area contributed by atoms with Crippen molar-refractivity contribution in [2.24, 2.45) is 0 Å². The number of likely N-dealkylation sites (tertiary alicyclic amines) is 1. The molecule has 1 saturated heterocycles. The summed E-state index contributed by atoms with van der Waals surface area (Å²) in [5.41, 5.74) is 2.41. The molecule has 158 valence electrons. The summed E-state index contributed by atoms with van der Waals surface area (Å²) in [7, 11) is 0. The van der Waals surface area contributed by atoms with Gasteiger partial charge >= 0.3 is 0 Å². The minimum atomic E-state index is -0.648. The fraction of sp³-hybridized carbons (Fsp3) is 0.375. The lowest BCUT2D eigenvalue weighted by Gasteiger charge is -2.26. The van der Waals surface area contributed by atoms with Crippen LogP contribution in [0.5, 0.6) is 0 Å². The molecule has 1 aromatic heterocycles. The Morgan fingerprint density at radius 1 is 1.13 bits per heavy atom. The van der Waals surface area contributed by atoms with Gasteiger partial charge in [-0.2, -0.15) is 0 Å². The number of Topliss-reactive ketones (excluding diaryl/α,β-unsaturated/α-hetero) is 1. The van der Waals surface area contributed by atoms with E-state index in [1.807, 2.05) is 25.1 Å². The molecular formula is C24H29N3O3. The summed E-state index contributed by atoms with van der Waals surface area (Å²) in [6.45, 7) is 9.32. The van der Waals surface area contributed by atoms with Crippen molar-refractivity contribution in [2.45, 2.75) is 33.2 Å². The summed E-state index contributed by atoms with van der Waals surface area (Å²) in [6.07, 6.45) is 4.04. The van der Waals surface area contributed by atoms with Crippen LogP contribution in [0.3, 0.4) is 0 Å². The maximum absolute atomic E-state index is 13.0. The maximum Gasteiger partial charge on any atom is 0.295 e. The van der Waals surface area contributed by atoms with E-state index >= 15 is 0 Å². The van der Waals surface area contributed by atoms with E-state index in [9.17, 15) is 14.7 Å². The zero-order valence-electron chi connectivity index (χ0n) is 17.8. The molecule has 0 saturated carbocycles. The first kappa shape index (κ1) is 21.7. The maximum atomic E-state index is 13.0. The van der Waals surface area contributed by atoms with Gasteiger partial charge in [-0.15, -0.1) is 0 Å². The number of carbonyl (C=O) groups excluding carboxylic acids is 2. The summed E-state index contributed by atoms with van der Waals surface area (Å²) in [4.78, 5) is 33.9. The lowest BCUT2D eigenvalue weighted by atomic mass is 9.96. The Bertz CT molecular complexity index is 918. The Labute approximate surface area is 177 Å². The number of aromatic nitrogens is 1. The second-order valence-corrected chi connectivity index (χ2v) is 7.53. The van der Waals surface area contributed by atoms with Crippen LogP contribution in [0.4, 0.5) is 0 Å². The number of amides is 1. The molecule has 1 amide bonds. The summed E-state index contributed by atoms with van der Waals surface area (Å²) in [5, 5.41) is 11.0. The lowest BCUT2D eigenvalue weighted by Crippen LogP contribution is -2.33. The molecule has 6 heteroatoms. The number of nitrogens with zero attached hydrogens (tertiary/aromatic N) is 3. The third-order valence-corrected chi connectivity index (χ3v) is 5.63. The molecule has 1 N–H and O–H groups in total. The van der Waals surface area contributed by atoms with Crippen LogP contribution < -0.4 is 0 Å². The fourth-order valence-corrected chi connectivity index (χ4v) is 3.87. The first-order valence-electron chi connectivity index (χ1n) is 10.5. The van der Waals surface area contributed by atoms with Crippen LogP contribution in [0.15, 0.2) is 54.4 Å². The summed E-state index contributed by atoms with van der Waals surface area (Å²) < 4.78 is 0. The van der Waals surface area contributed by atoms with E-state index in [0.29, 0.717) is 17.7 Å². The topological polar surface area (TPSA) is 73.7 Å². The number of aryl methyl sites for hydroxylation is 1. The second kappa shape index (κ2) is 9.67. The van der Waals surface area contributed by atoms with Crippen molar-refractivity contribution in [3.63, 3.8) is 0 Å². The second-order valence-electron chi connectivity index (χ2n) is 7.53. The number of benzene rings is 1. The van der Waals surface area contributed by atoms with E-state index in [1.54, 1.807) is 35.5 Å². The average molecular weight is 408 g/mol. The smallest absolute Gasteiger partial charge is 0.295 e. The molecule has 1 unspecified atom stereocenters. The summed E-state index contributed by atoms with van der Waals surface area (Å²) in [5.74, 6) is -1.37. The van der Waals surface area contributed by atoms with E-state index < -0.39 is 17.7 Å². The molecule has 2 aromatic rings. The number of hydrogen-bond acceptors (Lipinski definition) is 5. The normalized spacial score (nSPS) is 18.4. The van der Waals surface area contributed by atoms with Gasteiger partial charge in [-0.1, -0.05) is 49.7 Å². The Morgan fingerprint density at radius 3 is 2.43 bits per heavy atom. The highest BCUT2D eigenvalue weighted by Crippen LogP contribution is 2.39. The molecule has 6 nitrogen and oxygen atoms in total. The van der Waals surface area contributed by atoms with Crippen molar-refractivity contribution in [1.82, 2.24) is 14.8 Å². The third kappa shape index (κ3) is 4.44. The largest absolute Gasteiger partial charge is 0.507 e. The van der Waals surface area contributed by atoms with Gasteiger partial charge in [0.25, 0.3) is 11.7 Å². The van der Waals surface area contributed by atoms with Gasteiger partial charge < -0.3 is 14.9 Å². The molecule has 1 fully saturated rings. The molecule has 0 aliphatic carbocycles. The fourth-order valence-electron chi connectivity index (χ4n) is 3.87. The van der Waals surface area contributed by atoms with Crippen LogP contribution in [0.2, 0.25) is 0 Å². The van der Waals surface area contributed by atoms with Crippen molar-refractivity contribution in [2.75, 3.05) is 26.2 Å². The summed E-state index contributed by atoms with van der Waals surface area (Å²) >= 11 is 0. The molecule has 2 heterocycles. The molecule has 1 aliphatic rings. The zero-order chi connectivity index (χ0) is 21.7. The molecule has 0 spiro atoms. The van der Waals surface area contributed by atoms with Crippen molar-refractivity contribution in [1.29, 1.82) is 0 Å². The van der Waals surface area contributed by atoms with E-state index in [0.717, 1.165) is 31.6 Å². The highest BCUT2D eigenvalue weighted by atomic mass is 16.3. The molecule has 0 radical (unpaired) electrons. The van der Waals surface area contributed by atoms with Gasteiger partial charge in [0, 0.05) is 24.5 Å². The number of carbonyl (C=O) groups is 2. The minimum absolute atomic E-state index is 0.125. The van der Waals surface area contributed by atoms with Gasteiger partial charge in [0.15, 0.2) is 0 Å². The highest BCUT2D eigenvalue weighted by Gasteiger charge is 2.45. The van der Waals surface area contributed by atoms with E-state index in [4.69, 9.17) is 0 Å². The summed E-state index contributed by atoms with van der Waals surface area (Å²) in [6, 6.07) is 10.2. The average Bonchev–Trinajstić information content (AvgIpc) is 3.02. The van der Waals surface area contributed by atoms with Gasteiger partial charge in [-0.3, -0.25) is 14.6 Å². The predicted molar refractivity (Wildman–Crippen MR) is 117 cm³/mol. The van der Waals surface area contributed by atoms with Crippen LogP contribution in [0.1, 0.15) is 43.0 Å². The first-order chi connectivity index (χ1) is 14.5. The molecule has 30 heavy (non-hydrogen) atoms. The first-order valence-corrected chi connectivity index (χ1v) is 10.5. The van der Waals surface area contributed by atoms with Gasteiger partial charge in [0.2, 0.25) is 0 Å². The van der Waals surface area contributed by atoms with Crippen molar-refractivity contribution in [3.05, 3.63) is 71.1 Å². The Kier molecular flexibility index (Phi) is 7.00. The molecule has 1 aliphatic heterocycles.